The van der Waals surface area contributed by atoms with Gasteiger partial charge in [0.25, 0.3) is 0 Å². The highest BCUT2D eigenvalue weighted by Gasteiger charge is 2.24. The van der Waals surface area contributed by atoms with Crippen molar-refractivity contribution in [1.82, 2.24) is 5.32 Å². The lowest BCUT2D eigenvalue weighted by molar-refractivity contribution is 0.102. The molecule has 0 spiro atoms. The zero-order valence-electron chi connectivity index (χ0n) is 12.6. The smallest absolute Gasteiger partial charge is 0.122 e. The van der Waals surface area contributed by atoms with Gasteiger partial charge in [0.2, 0.25) is 0 Å². The largest absolute Gasteiger partial charge is 0.491 e. The van der Waals surface area contributed by atoms with E-state index in [0.29, 0.717) is 19.2 Å². The minimum Gasteiger partial charge on any atom is -0.491 e. The number of aliphatic hydroxyl groups excluding tert-OH is 1. The molecule has 0 radical (unpaired) electrons. The monoisotopic (exact) mass is 277 g/mol. The molecule has 2 atom stereocenters. The van der Waals surface area contributed by atoms with Gasteiger partial charge < -0.3 is 15.2 Å². The van der Waals surface area contributed by atoms with E-state index in [0.717, 1.165) is 23.7 Å². The minimum atomic E-state index is -0.456. The number of ether oxygens (including phenoxy) is 1. The summed E-state index contributed by atoms with van der Waals surface area (Å²) in [7, 11) is 0. The van der Waals surface area contributed by atoms with E-state index in [-0.39, 0.29) is 0 Å². The molecule has 1 aliphatic rings. The Bertz CT molecular complexity index is 404. The van der Waals surface area contributed by atoms with Crippen molar-refractivity contribution in [2.45, 2.75) is 51.7 Å². The third-order valence-corrected chi connectivity index (χ3v) is 3.97. The Hall–Kier alpha value is -1.06. The average Bonchev–Trinajstić information content (AvgIpc) is 3.26. The van der Waals surface area contributed by atoms with Crippen LogP contribution in [-0.4, -0.2) is 30.4 Å². The molecule has 0 amide bonds. The van der Waals surface area contributed by atoms with E-state index in [1.807, 2.05) is 31.2 Å². The van der Waals surface area contributed by atoms with Gasteiger partial charge in [-0.05, 0) is 37.3 Å². The zero-order valence-corrected chi connectivity index (χ0v) is 12.6. The van der Waals surface area contributed by atoms with Crippen LogP contribution in [0.1, 0.15) is 38.2 Å². The Morgan fingerprint density at radius 1 is 1.35 bits per heavy atom. The number of hydrogen-bond donors (Lipinski definition) is 2. The third-order valence-electron chi connectivity index (χ3n) is 3.97. The molecular weight excluding hydrogens is 250 g/mol. The van der Waals surface area contributed by atoms with Crippen molar-refractivity contribution in [3.05, 3.63) is 29.8 Å². The summed E-state index contributed by atoms with van der Waals surface area (Å²) in [5, 5.41) is 13.5. The van der Waals surface area contributed by atoms with Crippen LogP contribution in [0.25, 0.3) is 0 Å². The summed E-state index contributed by atoms with van der Waals surface area (Å²) in [6.45, 7) is 5.17. The normalized spacial score (nSPS) is 17.8. The topological polar surface area (TPSA) is 41.5 Å². The molecule has 20 heavy (non-hydrogen) atoms. The van der Waals surface area contributed by atoms with Gasteiger partial charge in [-0.15, -0.1) is 0 Å². The Morgan fingerprint density at radius 2 is 2.10 bits per heavy atom. The third kappa shape index (κ3) is 5.14. The average molecular weight is 277 g/mol. The second kappa shape index (κ2) is 7.65. The van der Waals surface area contributed by atoms with Crippen LogP contribution in [0.3, 0.4) is 0 Å². The molecule has 3 heteroatoms. The van der Waals surface area contributed by atoms with Crippen LogP contribution in [-0.2, 0) is 0 Å². The lowest BCUT2D eigenvalue weighted by Gasteiger charge is -2.20. The van der Waals surface area contributed by atoms with Crippen molar-refractivity contribution in [2.75, 3.05) is 13.2 Å². The highest BCUT2D eigenvalue weighted by Crippen LogP contribution is 2.33. The Kier molecular flexibility index (Phi) is 5.86. The molecule has 0 bridgehead atoms. The van der Waals surface area contributed by atoms with Gasteiger partial charge in [0, 0.05) is 12.6 Å². The molecule has 1 aliphatic carbocycles. The van der Waals surface area contributed by atoms with Crippen molar-refractivity contribution in [3.63, 3.8) is 0 Å². The Labute approximate surface area is 122 Å². The first kappa shape index (κ1) is 15.3. The lowest BCUT2D eigenvalue weighted by Crippen LogP contribution is -2.38. The molecule has 0 heterocycles. The summed E-state index contributed by atoms with van der Waals surface area (Å²) in [6, 6.07) is 8.44. The van der Waals surface area contributed by atoms with Crippen molar-refractivity contribution < 1.29 is 9.84 Å². The summed E-state index contributed by atoms with van der Waals surface area (Å²) in [5.74, 6) is 1.78. The first-order valence-corrected chi connectivity index (χ1v) is 7.79. The summed E-state index contributed by atoms with van der Waals surface area (Å²) >= 11 is 0. The second-order valence-electron chi connectivity index (χ2n) is 5.92. The molecule has 0 aromatic heterocycles. The van der Waals surface area contributed by atoms with Crippen molar-refractivity contribution in [2.24, 2.45) is 5.92 Å². The predicted octanol–water partition coefficient (Wildman–Crippen LogP) is 2.90. The molecule has 112 valence electrons. The van der Waals surface area contributed by atoms with E-state index < -0.39 is 6.10 Å². The van der Waals surface area contributed by atoms with E-state index >= 15 is 0 Å². The molecular formula is C17H27NO2. The number of rotatable bonds is 9. The van der Waals surface area contributed by atoms with Crippen LogP contribution >= 0.6 is 0 Å². The molecule has 1 aromatic rings. The predicted molar refractivity (Wildman–Crippen MR) is 82.1 cm³/mol. The summed E-state index contributed by atoms with van der Waals surface area (Å²) in [5.41, 5.74) is 1.10. The fourth-order valence-corrected chi connectivity index (χ4v) is 2.42. The first-order chi connectivity index (χ1) is 9.69. The van der Waals surface area contributed by atoms with Crippen LogP contribution in [0.15, 0.2) is 24.3 Å². The number of aryl methyl sites for hydroxylation is 1. The first-order valence-electron chi connectivity index (χ1n) is 7.79. The minimum absolute atomic E-state index is 0.345. The van der Waals surface area contributed by atoms with Crippen molar-refractivity contribution in [3.8, 4) is 5.75 Å². The van der Waals surface area contributed by atoms with Gasteiger partial charge in [-0.1, -0.05) is 38.0 Å². The molecule has 1 fully saturated rings. The van der Waals surface area contributed by atoms with E-state index in [1.54, 1.807) is 0 Å². The SMILES string of the molecule is CCC(CC1CC1)NCC(O)COc1ccccc1C. The van der Waals surface area contributed by atoms with E-state index in [1.165, 1.54) is 19.3 Å². The van der Waals surface area contributed by atoms with E-state index in [9.17, 15) is 5.11 Å². The van der Waals surface area contributed by atoms with Crippen LogP contribution in [0.4, 0.5) is 0 Å². The molecule has 2 unspecified atom stereocenters. The zero-order chi connectivity index (χ0) is 14.4. The van der Waals surface area contributed by atoms with E-state index in [2.05, 4.69) is 12.2 Å². The summed E-state index contributed by atoms with van der Waals surface area (Å²) in [4.78, 5) is 0. The van der Waals surface area contributed by atoms with Gasteiger partial charge in [-0.3, -0.25) is 0 Å². The molecule has 1 aromatic carbocycles. The van der Waals surface area contributed by atoms with Gasteiger partial charge in [0.15, 0.2) is 0 Å². The highest BCUT2D eigenvalue weighted by molar-refractivity contribution is 5.31. The number of para-hydroxylation sites is 1. The standard InChI is InChI=1S/C17H27NO2/c1-3-15(10-14-8-9-14)18-11-16(19)12-20-17-7-5-4-6-13(17)2/h4-7,14-16,18-19H,3,8-12H2,1-2H3. The van der Waals surface area contributed by atoms with Crippen LogP contribution in [0, 0.1) is 12.8 Å². The molecule has 0 aliphatic heterocycles. The second-order valence-corrected chi connectivity index (χ2v) is 5.92. The molecule has 2 N–H and O–H groups in total. The molecule has 3 nitrogen and oxygen atoms in total. The fourth-order valence-electron chi connectivity index (χ4n) is 2.42. The van der Waals surface area contributed by atoms with Crippen LogP contribution < -0.4 is 10.1 Å². The van der Waals surface area contributed by atoms with Crippen molar-refractivity contribution >= 4 is 0 Å². The highest BCUT2D eigenvalue weighted by atomic mass is 16.5. The summed E-state index contributed by atoms with van der Waals surface area (Å²) < 4.78 is 5.67. The van der Waals surface area contributed by atoms with Crippen LogP contribution in [0.2, 0.25) is 0 Å². The summed E-state index contributed by atoms with van der Waals surface area (Å²) in [6.07, 6.45) is 4.70. The molecule has 0 saturated heterocycles. The maximum Gasteiger partial charge on any atom is 0.122 e. The van der Waals surface area contributed by atoms with Gasteiger partial charge in [0.05, 0.1) is 0 Å². The molecule has 2 rings (SSSR count). The number of benzene rings is 1. The molecule has 1 saturated carbocycles. The maximum atomic E-state index is 10.0. The quantitative estimate of drug-likeness (QED) is 0.729. The maximum absolute atomic E-state index is 10.0. The van der Waals surface area contributed by atoms with E-state index in [4.69, 9.17) is 4.74 Å². The Balaban J connectivity index is 1.66. The van der Waals surface area contributed by atoms with Crippen LogP contribution in [0.5, 0.6) is 5.75 Å². The number of nitrogens with one attached hydrogen (secondary N) is 1. The Morgan fingerprint density at radius 3 is 2.75 bits per heavy atom. The number of hydrogen-bond acceptors (Lipinski definition) is 3. The van der Waals surface area contributed by atoms with Gasteiger partial charge in [-0.25, -0.2) is 0 Å². The fraction of sp³-hybridized carbons (Fsp3) is 0.647. The van der Waals surface area contributed by atoms with Gasteiger partial charge in [-0.2, -0.15) is 0 Å². The van der Waals surface area contributed by atoms with Gasteiger partial charge >= 0.3 is 0 Å². The van der Waals surface area contributed by atoms with Gasteiger partial charge in [0.1, 0.15) is 18.5 Å². The number of aliphatic hydroxyl groups is 1. The van der Waals surface area contributed by atoms with Crippen molar-refractivity contribution in [1.29, 1.82) is 0 Å². The lowest BCUT2D eigenvalue weighted by atomic mass is 10.1.